The highest BCUT2D eigenvalue weighted by Gasteiger charge is 2.77. The molecule has 0 aromatic heterocycles. The van der Waals surface area contributed by atoms with E-state index < -0.39 is 46.6 Å². The van der Waals surface area contributed by atoms with Gasteiger partial charge >= 0.3 is 11.9 Å². The van der Waals surface area contributed by atoms with Crippen molar-refractivity contribution in [2.75, 3.05) is 13.2 Å². The first kappa shape index (κ1) is 39.4. The van der Waals surface area contributed by atoms with Crippen LogP contribution in [-0.4, -0.2) is 71.7 Å². The summed E-state index contributed by atoms with van der Waals surface area (Å²) < 4.78 is 37.2. The lowest BCUT2D eigenvalue weighted by molar-refractivity contribution is -0.541. The van der Waals surface area contributed by atoms with E-state index in [-0.39, 0.29) is 35.6 Å². The van der Waals surface area contributed by atoms with Crippen molar-refractivity contribution in [3.05, 3.63) is 0 Å². The summed E-state index contributed by atoms with van der Waals surface area (Å²) in [5.74, 6) is -1.37. The molecular formula is C42H66O12. The quantitative estimate of drug-likeness (QED) is 0.0912. The molecule has 0 amide bonds. The highest BCUT2D eigenvalue weighted by atomic mass is 17.3. The van der Waals surface area contributed by atoms with E-state index in [4.69, 9.17) is 48.0 Å². The number of hydrogen-bond acceptors (Lipinski definition) is 12. The molecule has 8 heterocycles. The zero-order chi connectivity index (χ0) is 38.0. The van der Waals surface area contributed by atoms with E-state index in [0.29, 0.717) is 25.0 Å². The zero-order valence-electron chi connectivity index (χ0n) is 33.7. The fraction of sp³-hybridized carbons (Fsp3) is 0.952. The van der Waals surface area contributed by atoms with Crippen molar-refractivity contribution in [2.45, 2.75) is 204 Å². The summed E-state index contributed by atoms with van der Waals surface area (Å²) in [5, 5.41) is 0. The van der Waals surface area contributed by atoms with Crippen LogP contribution < -0.4 is 0 Å². The maximum absolute atomic E-state index is 13.5. The van der Waals surface area contributed by atoms with E-state index in [2.05, 4.69) is 13.8 Å². The number of unbranched alkanes of at least 4 members (excludes halogenated alkanes) is 9. The molecule has 12 nitrogen and oxygen atoms in total. The third-order valence-electron chi connectivity index (χ3n) is 15.3. The molecule has 2 aliphatic carbocycles. The van der Waals surface area contributed by atoms with Gasteiger partial charge in [0.25, 0.3) is 0 Å². The third-order valence-corrected chi connectivity index (χ3v) is 15.3. The maximum atomic E-state index is 13.5. The summed E-state index contributed by atoms with van der Waals surface area (Å²) in [6, 6.07) is 0. The summed E-state index contributed by atoms with van der Waals surface area (Å²) in [6.07, 6.45) is 16.5. The first-order chi connectivity index (χ1) is 25.8. The number of carbonyl (C=O) groups excluding carboxylic acids is 2. The van der Waals surface area contributed by atoms with Crippen molar-refractivity contribution in [3.63, 3.8) is 0 Å². The van der Waals surface area contributed by atoms with Gasteiger partial charge in [-0.1, -0.05) is 65.2 Å². The number of carbonyl (C=O) groups is 2. The van der Waals surface area contributed by atoms with Gasteiger partial charge in [-0.15, -0.1) is 0 Å². The smallest absolute Gasteiger partial charge is 0.338 e. The van der Waals surface area contributed by atoms with E-state index in [1.54, 1.807) is 0 Å². The molecule has 0 aromatic carbocycles. The van der Waals surface area contributed by atoms with Crippen molar-refractivity contribution in [1.82, 2.24) is 0 Å². The standard InChI is InChI=1S/C42H66O12/c1-27-17-19-31-39(5,49-35-41(31)29(27)21-23-37(3,47-35)51-53-41)33(43)45-25-15-13-11-9-7-8-10-12-14-16-26-46-34(44)40(6)32-20-18-28(2)30-22-24-38(4)48-36(50-40)42(30,32)54-52-38/h27-32,35-36H,7-26H2,1-6H3/t27-,28-,29+,30+,31+,32+,35+,36+,37-,38-,39+,40+,41-,42-/m1/s1. The summed E-state index contributed by atoms with van der Waals surface area (Å²) in [6.45, 7) is 12.8. The lowest BCUT2D eigenvalue weighted by Gasteiger charge is -2.50. The molecule has 10 aliphatic rings. The van der Waals surface area contributed by atoms with Gasteiger partial charge in [0.05, 0.1) is 13.2 Å². The van der Waals surface area contributed by atoms with Gasteiger partial charge < -0.3 is 28.4 Å². The van der Waals surface area contributed by atoms with E-state index in [9.17, 15) is 9.59 Å². The van der Waals surface area contributed by atoms with Crippen LogP contribution in [0.4, 0.5) is 0 Å². The van der Waals surface area contributed by atoms with Crippen LogP contribution in [0.3, 0.4) is 0 Å². The number of ether oxygens (including phenoxy) is 6. The first-order valence-corrected chi connectivity index (χ1v) is 21.6. The molecule has 14 atom stereocenters. The van der Waals surface area contributed by atoms with Crippen LogP contribution in [-0.2, 0) is 57.6 Å². The molecule has 8 saturated heterocycles. The zero-order valence-corrected chi connectivity index (χ0v) is 33.7. The first-order valence-electron chi connectivity index (χ1n) is 21.6. The van der Waals surface area contributed by atoms with Gasteiger partial charge in [-0.3, -0.25) is 0 Å². The average molecular weight is 763 g/mol. The van der Waals surface area contributed by atoms with Crippen molar-refractivity contribution in [2.24, 2.45) is 35.5 Å². The second kappa shape index (κ2) is 14.8. The predicted molar refractivity (Wildman–Crippen MR) is 193 cm³/mol. The molecule has 306 valence electrons. The number of esters is 2. The lowest BCUT2D eigenvalue weighted by atomic mass is 9.60. The van der Waals surface area contributed by atoms with E-state index in [0.717, 1.165) is 89.9 Å². The number of hydrogen-bond donors (Lipinski definition) is 0. The largest absolute Gasteiger partial charge is 0.464 e. The van der Waals surface area contributed by atoms with Gasteiger partial charge in [0.15, 0.2) is 35.0 Å². The Hall–Kier alpha value is -1.38. The van der Waals surface area contributed by atoms with Crippen LogP contribution in [0.25, 0.3) is 0 Å². The predicted octanol–water partition coefficient (Wildman–Crippen LogP) is 7.98. The van der Waals surface area contributed by atoms with Gasteiger partial charge in [0, 0.05) is 24.7 Å². The van der Waals surface area contributed by atoms with Gasteiger partial charge in [0.2, 0.25) is 11.6 Å². The molecule has 8 aliphatic heterocycles. The second-order valence-corrected chi connectivity index (χ2v) is 19.0. The van der Waals surface area contributed by atoms with Crippen molar-refractivity contribution in [3.8, 4) is 0 Å². The SMILES string of the molecule is C[C@@H]1CC[C@@H]2[C@]34OO[C@](C)(CC[C@@H]13)O[C@H]4O[C@]2(C)C(=O)OCCCCCCCCCCCCOC(=O)[C@@]1(C)O[C@@H]2O[C@@]3(C)CC[C@H]4[C@H](C)CC[C@@H]1[C@@]24OO3. The second-order valence-electron chi connectivity index (χ2n) is 19.0. The summed E-state index contributed by atoms with van der Waals surface area (Å²) in [7, 11) is 0. The molecule has 0 unspecified atom stereocenters. The Morgan fingerprint density at radius 3 is 1.26 bits per heavy atom. The molecule has 54 heavy (non-hydrogen) atoms. The Balaban J connectivity index is 0.683. The topological polar surface area (TPSA) is 126 Å². The third kappa shape index (κ3) is 6.39. The Kier molecular flexibility index (Phi) is 10.8. The van der Waals surface area contributed by atoms with E-state index >= 15 is 0 Å². The van der Waals surface area contributed by atoms with Crippen LogP contribution in [0, 0.1) is 35.5 Å². The van der Waals surface area contributed by atoms with Crippen LogP contribution in [0.1, 0.15) is 157 Å². The van der Waals surface area contributed by atoms with E-state index in [1.165, 1.54) is 25.7 Å². The molecule has 0 radical (unpaired) electrons. The van der Waals surface area contributed by atoms with Crippen LogP contribution in [0.2, 0.25) is 0 Å². The van der Waals surface area contributed by atoms with Gasteiger partial charge in [-0.25, -0.2) is 29.1 Å². The highest BCUT2D eigenvalue weighted by Crippen LogP contribution is 2.65. The molecule has 4 bridgehead atoms. The normalized spacial score (nSPS) is 48.5. The lowest BCUT2D eigenvalue weighted by Crippen LogP contribution is -2.62. The fourth-order valence-corrected chi connectivity index (χ4v) is 12.0. The molecule has 2 spiro atoms. The summed E-state index contributed by atoms with van der Waals surface area (Å²) >= 11 is 0. The van der Waals surface area contributed by atoms with Crippen molar-refractivity contribution in [1.29, 1.82) is 0 Å². The average Bonchev–Trinajstić information content (AvgIpc) is 3.26. The van der Waals surface area contributed by atoms with Crippen LogP contribution in [0.15, 0.2) is 0 Å². The van der Waals surface area contributed by atoms with Crippen molar-refractivity contribution >= 4 is 11.9 Å². The molecule has 10 rings (SSSR count). The molecule has 0 aromatic rings. The monoisotopic (exact) mass is 762 g/mol. The van der Waals surface area contributed by atoms with E-state index in [1.807, 2.05) is 27.7 Å². The summed E-state index contributed by atoms with van der Waals surface area (Å²) in [5.41, 5.74) is -3.77. The van der Waals surface area contributed by atoms with Gasteiger partial charge in [-0.2, -0.15) is 0 Å². The number of rotatable bonds is 15. The highest BCUT2D eigenvalue weighted by molar-refractivity contribution is 5.81. The minimum atomic E-state index is -1.12. The minimum absolute atomic E-state index is 0.171. The Morgan fingerprint density at radius 2 is 0.870 bits per heavy atom. The molecule has 0 N–H and O–H groups in total. The molecule has 10 fully saturated rings. The summed E-state index contributed by atoms with van der Waals surface area (Å²) in [4.78, 5) is 51.1. The van der Waals surface area contributed by atoms with Crippen molar-refractivity contribution < 1.29 is 57.6 Å². The van der Waals surface area contributed by atoms with Crippen LogP contribution in [0.5, 0.6) is 0 Å². The Morgan fingerprint density at radius 1 is 0.500 bits per heavy atom. The number of fused-ring (bicyclic) bond motifs is 4. The van der Waals surface area contributed by atoms with Gasteiger partial charge in [-0.05, 0) is 103 Å². The fourth-order valence-electron chi connectivity index (χ4n) is 12.0. The van der Waals surface area contributed by atoms with Crippen LogP contribution >= 0.6 is 0 Å². The minimum Gasteiger partial charge on any atom is -0.464 e. The Labute approximate surface area is 321 Å². The van der Waals surface area contributed by atoms with Gasteiger partial charge in [0.1, 0.15) is 0 Å². The molecular weight excluding hydrogens is 696 g/mol. The molecule has 2 saturated carbocycles. The Bertz CT molecular complexity index is 1290. The maximum Gasteiger partial charge on any atom is 0.338 e. The molecule has 12 heteroatoms.